The molecule has 88 valence electrons. The Balaban J connectivity index is 2.60. The Kier molecular flexibility index (Phi) is 3.58. The molecular weight excluding hydrogens is 230 g/mol. The molecule has 1 N–H and O–H groups in total. The van der Waals surface area contributed by atoms with E-state index in [9.17, 15) is 14.9 Å². The van der Waals surface area contributed by atoms with Gasteiger partial charge in [-0.05, 0) is 16.8 Å². The van der Waals surface area contributed by atoms with Crippen LogP contribution in [0.2, 0.25) is 0 Å². The third-order valence-corrected chi connectivity index (χ3v) is 2.48. The van der Waals surface area contributed by atoms with Crippen molar-refractivity contribution in [3.63, 3.8) is 0 Å². The molecule has 0 saturated heterocycles. The van der Waals surface area contributed by atoms with Crippen LogP contribution >= 0.6 is 11.3 Å². The Morgan fingerprint density at radius 1 is 1.62 bits per heavy atom. The predicted molar refractivity (Wildman–Crippen MR) is 61.5 cm³/mol. The summed E-state index contributed by atoms with van der Waals surface area (Å²) in [4.78, 5) is 25.1. The van der Waals surface area contributed by atoms with Gasteiger partial charge in [0.2, 0.25) is 5.91 Å². The minimum Gasteiger partial charge on any atom is -0.302 e. The van der Waals surface area contributed by atoms with Gasteiger partial charge in [0.05, 0.1) is 4.92 Å². The van der Waals surface area contributed by atoms with Crippen LogP contribution in [0.3, 0.4) is 0 Å². The lowest BCUT2D eigenvalue weighted by molar-refractivity contribution is -0.380. The molecule has 0 aliphatic carbocycles. The fourth-order valence-corrected chi connectivity index (χ4v) is 1.70. The molecule has 0 atom stereocenters. The van der Waals surface area contributed by atoms with Crippen LogP contribution in [-0.4, -0.2) is 15.8 Å². The number of aromatic nitrogens is 1. The first kappa shape index (κ1) is 12.6. The fourth-order valence-electron chi connectivity index (χ4n) is 1.05. The van der Waals surface area contributed by atoms with Gasteiger partial charge >= 0.3 is 5.00 Å². The van der Waals surface area contributed by atoms with Crippen LogP contribution in [0.25, 0.3) is 0 Å². The van der Waals surface area contributed by atoms with Crippen molar-refractivity contribution in [2.75, 3.05) is 5.32 Å². The molecule has 0 fully saturated rings. The molecule has 0 radical (unpaired) electrons. The van der Waals surface area contributed by atoms with Crippen LogP contribution in [0.5, 0.6) is 0 Å². The molecule has 1 aromatic heterocycles. The first-order chi connectivity index (χ1) is 7.28. The highest BCUT2D eigenvalue weighted by Crippen LogP contribution is 2.26. The van der Waals surface area contributed by atoms with E-state index in [1.54, 1.807) is 0 Å². The number of nitro groups is 1. The number of carbonyl (C=O) groups is 1. The summed E-state index contributed by atoms with van der Waals surface area (Å²) in [7, 11) is 0. The molecule has 1 amide bonds. The van der Waals surface area contributed by atoms with Crippen LogP contribution in [0.15, 0.2) is 6.20 Å². The average Bonchev–Trinajstić information content (AvgIpc) is 2.48. The molecule has 0 unspecified atom stereocenters. The normalized spacial score (nSPS) is 11.2. The maximum Gasteiger partial charge on any atom is 0.345 e. The summed E-state index contributed by atoms with van der Waals surface area (Å²) in [6, 6.07) is 0. The Labute approximate surface area is 96.8 Å². The third kappa shape index (κ3) is 3.93. The van der Waals surface area contributed by atoms with Crippen LogP contribution in [0.1, 0.15) is 27.2 Å². The van der Waals surface area contributed by atoms with Crippen molar-refractivity contribution in [2.24, 2.45) is 5.41 Å². The molecular formula is C9H13N3O3S. The molecule has 16 heavy (non-hydrogen) atoms. The lowest BCUT2D eigenvalue weighted by Gasteiger charge is -2.16. The number of rotatable bonds is 3. The SMILES string of the molecule is CC(C)(C)CC(=O)Nc1ncc([N+](=O)[O-])s1. The highest BCUT2D eigenvalue weighted by atomic mass is 32.1. The molecule has 0 spiro atoms. The zero-order chi connectivity index (χ0) is 12.3. The van der Waals surface area contributed by atoms with E-state index < -0.39 is 4.92 Å². The van der Waals surface area contributed by atoms with Gasteiger partial charge in [-0.15, -0.1) is 0 Å². The van der Waals surface area contributed by atoms with Crippen LogP contribution < -0.4 is 5.32 Å². The number of thiazole rings is 1. The van der Waals surface area contributed by atoms with Gasteiger partial charge in [0.15, 0.2) is 5.13 Å². The third-order valence-electron chi connectivity index (χ3n) is 1.61. The van der Waals surface area contributed by atoms with Gasteiger partial charge in [-0.3, -0.25) is 14.9 Å². The predicted octanol–water partition coefficient (Wildman–Crippen LogP) is 2.43. The zero-order valence-corrected chi connectivity index (χ0v) is 10.1. The van der Waals surface area contributed by atoms with Gasteiger partial charge in [0.1, 0.15) is 6.20 Å². The average molecular weight is 243 g/mol. The van der Waals surface area contributed by atoms with Gasteiger partial charge in [0, 0.05) is 6.42 Å². The van der Waals surface area contributed by atoms with Gasteiger partial charge in [-0.25, -0.2) is 4.98 Å². The second kappa shape index (κ2) is 4.56. The largest absolute Gasteiger partial charge is 0.345 e. The second-order valence-electron chi connectivity index (χ2n) is 4.55. The van der Waals surface area contributed by atoms with Gasteiger partial charge in [0.25, 0.3) is 0 Å². The first-order valence-electron chi connectivity index (χ1n) is 4.68. The van der Waals surface area contributed by atoms with Crippen LogP contribution in [-0.2, 0) is 4.79 Å². The molecule has 1 rings (SSSR count). The van der Waals surface area contributed by atoms with Gasteiger partial charge in [-0.2, -0.15) is 0 Å². The van der Waals surface area contributed by atoms with E-state index in [4.69, 9.17) is 0 Å². The van der Waals surface area contributed by atoms with Crippen molar-refractivity contribution in [3.8, 4) is 0 Å². The van der Waals surface area contributed by atoms with E-state index in [-0.39, 0.29) is 21.5 Å². The highest BCUT2D eigenvalue weighted by Gasteiger charge is 2.18. The quantitative estimate of drug-likeness (QED) is 0.652. The molecule has 0 aliphatic heterocycles. The first-order valence-corrected chi connectivity index (χ1v) is 5.50. The number of carbonyl (C=O) groups excluding carboxylic acids is 1. The minimum absolute atomic E-state index is 0.0777. The lowest BCUT2D eigenvalue weighted by atomic mass is 9.92. The van der Waals surface area contributed by atoms with Crippen molar-refractivity contribution in [1.29, 1.82) is 0 Å². The zero-order valence-electron chi connectivity index (χ0n) is 9.31. The standard InChI is InChI=1S/C9H13N3O3S/c1-9(2,3)4-6(13)11-8-10-5-7(16-8)12(14)15/h5H,4H2,1-3H3,(H,10,11,13). The van der Waals surface area contributed by atoms with Crippen molar-refractivity contribution < 1.29 is 9.72 Å². The molecule has 0 bridgehead atoms. The van der Waals surface area contributed by atoms with E-state index in [1.165, 1.54) is 0 Å². The maximum absolute atomic E-state index is 11.5. The molecule has 6 nitrogen and oxygen atoms in total. The lowest BCUT2D eigenvalue weighted by Crippen LogP contribution is -2.19. The number of anilines is 1. The van der Waals surface area contributed by atoms with Gasteiger partial charge in [-0.1, -0.05) is 20.8 Å². The number of hydrogen-bond donors (Lipinski definition) is 1. The minimum atomic E-state index is -0.531. The molecule has 1 aromatic rings. The summed E-state index contributed by atoms with van der Waals surface area (Å²) in [6.45, 7) is 5.82. The maximum atomic E-state index is 11.5. The van der Waals surface area contributed by atoms with E-state index in [0.29, 0.717) is 6.42 Å². The molecule has 0 saturated carbocycles. The number of nitrogens with one attached hydrogen (secondary N) is 1. The topological polar surface area (TPSA) is 85.1 Å². The van der Waals surface area contributed by atoms with E-state index >= 15 is 0 Å². The smallest absolute Gasteiger partial charge is 0.302 e. The Morgan fingerprint density at radius 2 is 2.25 bits per heavy atom. The van der Waals surface area contributed by atoms with E-state index in [0.717, 1.165) is 17.5 Å². The van der Waals surface area contributed by atoms with Crippen LogP contribution in [0, 0.1) is 15.5 Å². The molecule has 7 heteroatoms. The van der Waals surface area contributed by atoms with Crippen molar-refractivity contribution in [2.45, 2.75) is 27.2 Å². The number of hydrogen-bond acceptors (Lipinski definition) is 5. The van der Waals surface area contributed by atoms with Crippen molar-refractivity contribution in [3.05, 3.63) is 16.3 Å². The Hall–Kier alpha value is -1.50. The molecule has 0 aromatic carbocycles. The summed E-state index contributed by atoms with van der Waals surface area (Å²) in [5, 5.41) is 13.1. The fraction of sp³-hybridized carbons (Fsp3) is 0.556. The summed E-state index contributed by atoms with van der Waals surface area (Å²) < 4.78 is 0. The number of amides is 1. The Morgan fingerprint density at radius 3 is 2.69 bits per heavy atom. The Bertz CT molecular complexity index is 408. The highest BCUT2D eigenvalue weighted by molar-refractivity contribution is 7.18. The molecule has 0 aliphatic rings. The molecule has 1 heterocycles. The van der Waals surface area contributed by atoms with E-state index in [2.05, 4.69) is 10.3 Å². The van der Waals surface area contributed by atoms with Crippen LogP contribution in [0.4, 0.5) is 10.1 Å². The van der Waals surface area contributed by atoms with Crippen molar-refractivity contribution in [1.82, 2.24) is 4.98 Å². The summed E-state index contributed by atoms with van der Waals surface area (Å²) in [5.74, 6) is -0.184. The van der Waals surface area contributed by atoms with Gasteiger partial charge < -0.3 is 5.32 Å². The number of nitrogens with zero attached hydrogens (tertiary/aromatic N) is 2. The van der Waals surface area contributed by atoms with Crippen molar-refractivity contribution >= 4 is 27.4 Å². The summed E-state index contributed by atoms with van der Waals surface area (Å²) in [5.41, 5.74) is -0.118. The summed E-state index contributed by atoms with van der Waals surface area (Å²) >= 11 is 0.853. The summed E-state index contributed by atoms with van der Waals surface area (Å²) in [6.07, 6.45) is 1.48. The van der Waals surface area contributed by atoms with E-state index in [1.807, 2.05) is 20.8 Å². The monoisotopic (exact) mass is 243 g/mol. The second-order valence-corrected chi connectivity index (χ2v) is 5.56.